The van der Waals surface area contributed by atoms with Crippen LogP contribution in [0.5, 0.6) is 0 Å². The third-order valence-corrected chi connectivity index (χ3v) is 3.39. The van der Waals surface area contributed by atoms with Gasteiger partial charge in [0.05, 0.1) is 6.10 Å². The molecule has 1 atom stereocenters. The quantitative estimate of drug-likeness (QED) is 0.915. The number of carbonyl (C=O) groups is 1. The number of nitrogens with zero attached hydrogens (tertiary/aromatic N) is 1. The molecule has 0 spiro atoms. The Hall–Kier alpha value is -1.88. The molecule has 1 aromatic carbocycles. The summed E-state index contributed by atoms with van der Waals surface area (Å²) in [7, 11) is 0. The molecule has 0 radical (unpaired) electrons. The Morgan fingerprint density at radius 2 is 2.37 bits per heavy atom. The average Bonchev–Trinajstić information content (AvgIpc) is 3.04. The highest BCUT2D eigenvalue weighted by Gasteiger charge is 2.18. The molecule has 1 aliphatic heterocycles. The number of aryl methyl sites for hydroxylation is 1. The fourth-order valence-corrected chi connectivity index (χ4v) is 2.43. The Balaban J connectivity index is 1.80. The molecule has 0 aliphatic carbocycles. The van der Waals surface area contributed by atoms with Crippen LogP contribution in [-0.2, 0) is 11.2 Å². The fraction of sp³-hybridized carbons (Fsp3) is 0.429. The highest BCUT2D eigenvalue weighted by Crippen LogP contribution is 2.23. The van der Waals surface area contributed by atoms with Crippen LogP contribution < -0.4 is 0 Å². The van der Waals surface area contributed by atoms with Gasteiger partial charge in [0.1, 0.15) is 11.1 Å². The van der Waals surface area contributed by atoms with Crippen molar-refractivity contribution < 1.29 is 19.1 Å². The van der Waals surface area contributed by atoms with Gasteiger partial charge in [-0.15, -0.1) is 0 Å². The molecular weight excluding hydrogens is 246 g/mol. The van der Waals surface area contributed by atoms with Crippen molar-refractivity contribution in [1.82, 2.24) is 4.98 Å². The Bertz CT molecular complexity index is 599. The van der Waals surface area contributed by atoms with Crippen LogP contribution in [0.25, 0.3) is 11.1 Å². The van der Waals surface area contributed by atoms with E-state index in [9.17, 15) is 4.79 Å². The first kappa shape index (κ1) is 12.2. The lowest BCUT2D eigenvalue weighted by Gasteiger charge is -2.05. The molecule has 5 nitrogen and oxygen atoms in total. The molecule has 2 heterocycles. The lowest BCUT2D eigenvalue weighted by molar-refractivity contribution is 0.0697. The van der Waals surface area contributed by atoms with Gasteiger partial charge in [-0.05, 0) is 31.4 Å². The van der Waals surface area contributed by atoms with Crippen molar-refractivity contribution in [3.05, 3.63) is 29.7 Å². The number of benzene rings is 1. The number of oxazole rings is 1. The van der Waals surface area contributed by atoms with E-state index in [1.807, 2.05) is 0 Å². The molecule has 1 unspecified atom stereocenters. The minimum absolute atomic E-state index is 0.161. The summed E-state index contributed by atoms with van der Waals surface area (Å²) in [5.41, 5.74) is 1.12. The number of para-hydroxylation sites is 1. The van der Waals surface area contributed by atoms with Crippen molar-refractivity contribution in [1.29, 1.82) is 0 Å². The molecule has 1 fully saturated rings. The van der Waals surface area contributed by atoms with Gasteiger partial charge >= 0.3 is 5.97 Å². The molecular formula is C14H15NO4. The van der Waals surface area contributed by atoms with Crippen molar-refractivity contribution in [2.24, 2.45) is 0 Å². The predicted molar refractivity (Wildman–Crippen MR) is 68.3 cm³/mol. The molecule has 2 aromatic rings. The largest absolute Gasteiger partial charge is 0.478 e. The summed E-state index contributed by atoms with van der Waals surface area (Å²) in [6, 6.07) is 4.97. The van der Waals surface area contributed by atoms with Gasteiger partial charge in [-0.2, -0.15) is 0 Å². The van der Waals surface area contributed by atoms with E-state index >= 15 is 0 Å². The van der Waals surface area contributed by atoms with E-state index in [-0.39, 0.29) is 11.7 Å². The van der Waals surface area contributed by atoms with Crippen LogP contribution in [0, 0.1) is 0 Å². The normalized spacial score (nSPS) is 19.1. The van der Waals surface area contributed by atoms with E-state index in [0.29, 0.717) is 23.4 Å². The Kier molecular flexibility index (Phi) is 3.21. The molecule has 19 heavy (non-hydrogen) atoms. The van der Waals surface area contributed by atoms with Crippen molar-refractivity contribution in [2.75, 3.05) is 6.61 Å². The number of carboxylic acids is 1. The predicted octanol–water partition coefficient (Wildman–Crippen LogP) is 2.64. The van der Waals surface area contributed by atoms with Crippen LogP contribution in [0.15, 0.2) is 22.6 Å². The maximum atomic E-state index is 11.1. The number of aromatic nitrogens is 1. The summed E-state index contributed by atoms with van der Waals surface area (Å²) in [6.45, 7) is 0.835. The summed E-state index contributed by atoms with van der Waals surface area (Å²) in [5, 5.41) is 9.09. The smallest absolute Gasteiger partial charge is 0.339 e. The van der Waals surface area contributed by atoms with Gasteiger partial charge in [-0.1, -0.05) is 6.07 Å². The van der Waals surface area contributed by atoms with E-state index in [1.54, 1.807) is 12.1 Å². The third kappa shape index (κ3) is 2.46. The topological polar surface area (TPSA) is 72.6 Å². The number of aromatic carboxylic acids is 1. The molecule has 1 aliphatic rings. The summed E-state index contributed by atoms with van der Waals surface area (Å²) in [4.78, 5) is 15.4. The second-order valence-corrected chi connectivity index (χ2v) is 4.74. The highest BCUT2D eigenvalue weighted by molar-refractivity contribution is 5.99. The molecule has 5 heteroatoms. The van der Waals surface area contributed by atoms with Gasteiger partial charge in [0.2, 0.25) is 0 Å². The number of hydrogen-bond acceptors (Lipinski definition) is 4. The first-order valence-corrected chi connectivity index (χ1v) is 6.47. The standard InChI is InChI=1S/C14H15NO4/c16-14(17)10-4-1-5-11-13(10)19-12(15-11)7-6-9-3-2-8-18-9/h1,4-5,9H,2-3,6-8H2,(H,16,17). The molecule has 0 saturated carbocycles. The second-order valence-electron chi connectivity index (χ2n) is 4.74. The van der Waals surface area contributed by atoms with Gasteiger partial charge in [-0.25, -0.2) is 9.78 Å². The maximum absolute atomic E-state index is 11.1. The van der Waals surface area contributed by atoms with Gasteiger partial charge in [0, 0.05) is 13.0 Å². The lowest BCUT2D eigenvalue weighted by atomic mass is 10.1. The number of rotatable bonds is 4. The fourth-order valence-electron chi connectivity index (χ4n) is 2.43. The first-order valence-electron chi connectivity index (χ1n) is 6.47. The van der Waals surface area contributed by atoms with Crippen LogP contribution in [0.2, 0.25) is 0 Å². The number of carboxylic acid groups (broad SMARTS) is 1. The number of fused-ring (bicyclic) bond motifs is 1. The first-order chi connectivity index (χ1) is 9.24. The van der Waals surface area contributed by atoms with Crippen LogP contribution in [0.3, 0.4) is 0 Å². The third-order valence-electron chi connectivity index (χ3n) is 3.39. The molecule has 1 N–H and O–H groups in total. The van der Waals surface area contributed by atoms with Crippen molar-refractivity contribution >= 4 is 17.1 Å². The molecule has 0 bridgehead atoms. The van der Waals surface area contributed by atoms with Crippen molar-refractivity contribution in [3.63, 3.8) is 0 Å². The van der Waals surface area contributed by atoms with Crippen LogP contribution in [-0.4, -0.2) is 28.8 Å². The average molecular weight is 261 g/mol. The monoisotopic (exact) mass is 261 g/mol. The summed E-state index contributed by atoms with van der Waals surface area (Å²) in [6.07, 6.45) is 4.03. The van der Waals surface area contributed by atoms with Crippen LogP contribution in [0.1, 0.15) is 35.5 Å². The Morgan fingerprint density at radius 3 is 3.11 bits per heavy atom. The van der Waals surface area contributed by atoms with Gasteiger partial charge in [0.15, 0.2) is 11.5 Å². The number of ether oxygens (including phenoxy) is 1. The molecule has 3 rings (SSSR count). The zero-order valence-electron chi connectivity index (χ0n) is 10.5. The zero-order valence-corrected chi connectivity index (χ0v) is 10.5. The van der Waals surface area contributed by atoms with Gasteiger partial charge in [0.25, 0.3) is 0 Å². The highest BCUT2D eigenvalue weighted by atomic mass is 16.5. The lowest BCUT2D eigenvalue weighted by Crippen LogP contribution is -2.06. The van der Waals surface area contributed by atoms with E-state index in [4.69, 9.17) is 14.3 Å². The zero-order chi connectivity index (χ0) is 13.2. The minimum atomic E-state index is -0.993. The SMILES string of the molecule is O=C(O)c1cccc2nc(CCC3CCCO3)oc12. The summed E-state index contributed by atoms with van der Waals surface area (Å²) in [5.74, 6) is -0.411. The van der Waals surface area contributed by atoms with E-state index in [1.165, 1.54) is 6.07 Å². The van der Waals surface area contributed by atoms with E-state index in [0.717, 1.165) is 25.9 Å². The molecule has 1 aromatic heterocycles. The van der Waals surface area contributed by atoms with Crippen molar-refractivity contribution in [2.45, 2.75) is 31.8 Å². The Morgan fingerprint density at radius 1 is 1.47 bits per heavy atom. The van der Waals surface area contributed by atoms with Gasteiger partial charge in [-0.3, -0.25) is 0 Å². The van der Waals surface area contributed by atoms with E-state index < -0.39 is 5.97 Å². The van der Waals surface area contributed by atoms with E-state index in [2.05, 4.69) is 4.98 Å². The van der Waals surface area contributed by atoms with Crippen LogP contribution >= 0.6 is 0 Å². The maximum Gasteiger partial charge on any atom is 0.339 e. The molecule has 0 amide bonds. The molecule has 1 saturated heterocycles. The van der Waals surface area contributed by atoms with Crippen LogP contribution in [0.4, 0.5) is 0 Å². The van der Waals surface area contributed by atoms with Crippen molar-refractivity contribution in [3.8, 4) is 0 Å². The Labute approximate surface area is 110 Å². The minimum Gasteiger partial charge on any atom is -0.478 e. The second kappa shape index (κ2) is 5.01. The summed E-state index contributed by atoms with van der Waals surface area (Å²) >= 11 is 0. The molecule has 100 valence electrons. The van der Waals surface area contributed by atoms with Gasteiger partial charge < -0.3 is 14.3 Å². The number of hydrogen-bond donors (Lipinski definition) is 1. The summed E-state index contributed by atoms with van der Waals surface area (Å²) < 4.78 is 11.1.